The first-order chi connectivity index (χ1) is 8.56. The predicted molar refractivity (Wildman–Crippen MR) is 79.1 cm³/mol. The number of thiocarbonyl (C=S) groups is 1. The van der Waals surface area contributed by atoms with Gasteiger partial charge >= 0.3 is 0 Å². The van der Waals surface area contributed by atoms with Gasteiger partial charge in [0.05, 0.1) is 5.60 Å². The van der Waals surface area contributed by atoms with Crippen molar-refractivity contribution in [1.82, 2.24) is 0 Å². The lowest BCUT2D eigenvalue weighted by Crippen LogP contribution is -2.45. The fourth-order valence-corrected chi connectivity index (χ4v) is 2.47. The highest BCUT2D eigenvalue weighted by Crippen LogP contribution is 2.35. The van der Waals surface area contributed by atoms with E-state index >= 15 is 0 Å². The number of ether oxygens (including phenoxy) is 1. The summed E-state index contributed by atoms with van der Waals surface area (Å²) in [5.41, 5.74) is 8.83. The number of hydrogen-bond acceptors (Lipinski definition) is 3. The average Bonchev–Trinajstić information content (AvgIpc) is 2.29. The van der Waals surface area contributed by atoms with Crippen LogP contribution in [0.15, 0.2) is 18.2 Å². The van der Waals surface area contributed by atoms with Crippen LogP contribution in [0.2, 0.25) is 0 Å². The SMILES string of the molecule is COC1(CNc2ccc(C)cc2C(N)=S)CCC1. The van der Waals surface area contributed by atoms with E-state index in [1.54, 1.807) is 7.11 Å². The minimum absolute atomic E-state index is 0.00161. The minimum atomic E-state index is -0.00161. The van der Waals surface area contributed by atoms with Crippen molar-refractivity contribution in [2.45, 2.75) is 31.8 Å². The van der Waals surface area contributed by atoms with Crippen molar-refractivity contribution in [2.24, 2.45) is 5.73 Å². The molecule has 0 saturated heterocycles. The van der Waals surface area contributed by atoms with Gasteiger partial charge in [0, 0.05) is 24.9 Å². The van der Waals surface area contributed by atoms with Crippen LogP contribution in [-0.4, -0.2) is 24.2 Å². The standard InChI is InChI=1S/C14H20N2OS/c1-10-4-5-12(11(8-10)13(15)18)16-9-14(17-2)6-3-7-14/h4-5,8,16H,3,6-7,9H2,1-2H3,(H2,15,18). The van der Waals surface area contributed by atoms with Crippen LogP contribution in [0.3, 0.4) is 0 Å². The molecule has 0 aromatic heterocycles. The number of anilines is 1. The van der Waals surface area contributed by atoms with Crippen molar-refractivity contribution in [3.8, 4) is 0 Å². The fraction of sp³-hybridized carbons (Fsp3) is 0.500. The Labute approximate surface area is 114 Å². The molecule has 0 atom stereocenters. The molecule has 1 aliphatic carbocycles. The highest BCUT2D eigenvalue weighted by molar-refractivity contribution is 7.80. The van der Waals surface area contributed by atoms with Crippen molar-refractivity contribution >= 4 is 22.9 Å². The third-order valence-electron chi connectivity index (χ3n) is 3.74. The first-order valence-corrected chi connectivity index (χ1v) is 6.67. The van der Waals surface area contributed by atoms with Crippen molar-refractivity contribution in [1.29, 1.82) is 0 Å². The molecule has 1 aliphatic rings. The summed E-state index contributed by atoms with van der Waals surface area (Å²) in [6.07, 6.45) is 3.47. The zero-order valence-electron chi connectivity index (χ0n) is 11.0. The van der Waals surface area contributed by atoms with E-state index in [1.165, 1.54) is 6.42 Å². The number of nitrogens with one attached hydrogen (secondary N) is 1. The van der Waals surface area contributed by atoms with Crippen molar-refractivity contribution < 1.29 is 4.74 Å². The molecule has 0 amide bonds. The van der Waals surface area contributed by atoms with Gasteiger partial charge in [-0.25, -0.2) is 0 Å². The van der Waals surface area contributed by atoms with Gasteiger partial charge in [-0.2, -0.15) is 0 Å². The van der Waals surface area contributed by atoms with Gasteiger partial charge in [0.15, 0.2) is 0 Å². The molecule has 4 heteroatoms. The van der Waals surface area contributed by atoms with Crippen LogP contribution in [0.25, 0.3) is 0 Å². The lowest BCUT2D eigenvalue weighted by Gasteiger charge is -2.40. The zero-order chi connectivity index (χ0) is 13.2. The van der Waals surface area contributed by atoms with Crippen LogP contribution in [0.5, 0.6) is 0 Å². The van der Waals surface area contributed by atoms with Crippen molar-refractivity contribution in [3.05, 3.63) is 29.3 Å². The fourth-order valence-electron chi connectivity index (χ4n) is 2.30. The highest BCUT2D eigenvalue weighted by Gasteiger charge is 2.36. The van der Waals surface area contributed by atoms with Crippen molar-refractivity contribution in [3.63, 3.8) is 0 Å². The Morgan fingerprint density at radius 2 is 2.22 bits per heavy atom. The Kier molecular flexibility index (Phi) is 3.88. The van der Waals surface area contributed by atoms with E-state index in [-0.39, 0.29) is 5.60 Å². The number of methoxy groups -OCH3 is 1. The molecule has 0 radical (unpaired) electrons. The third-order valence-corrected chi connectivity index (χ3v) is 3.96. The number of rotatable bonds is 5. The Balaban J connectivity index is 2.11. The van der Waals surface area contributed by atoms with E-state index < -0.39 is 0 Å². The molecule has 0 aliphatic heterocycles. The van der Waals surface area contributed by atoms with Gasteiger partial charge in [0.25, 0.3) is 0 Å². The van der Waals surface area contributed by atoms with E-state index in [0.29, 0.717) is 4.99 Å². The summed E-state index contributed by atoms with van der Waals surface area (Å²) in [6.45, 7) is 2.84. The Hall–Kier alpha value is -1.13. The molecule has 1 aromatic rings. The summed E-state index contributed by atoms with van der Waals surface area (Å²) >= 11 is 5.09. The maximum Gasteiger partial charge on any atom is 0.106 e. The minimum Gasteiger partial charge on any atom is -0.389 e. The monoisotopic (exact) mass is 264 g/mol. The second kappa shape index (κ2) is 5.24. The van der Waals surface area contributed by atoms with E-state index in [1.807, 2.05) is 19.1 Å². The summed E-state index contributed by atoms with van der Waals surface area (Å²) in [4.78, 5) is 0.432. The second-order valence-corrected chi connectivity index (χ2v) is 5.45. The van der Waals surface area contributed by atoms with Crippen LogP contribution in [-0.2, 0) is 4.74 Å². The van der Waals surface area contributed by atoms with Gasteiger partial charge in [-0.1, -0.05) is 23.8 Å². The molecule has 3 nitrogen and oxygen atoms in total. The molecular weight excluding hydrogens is 244 g/mol. The molecule has 1 saturated carbocycles. The molecule has 0 heterocycles. The number of aryl methyl sites for hydroxylation is 1. The van der Waals surface area contributed by atoms with Gasteiger partial charge in [-0.3, -0.25) is 0 Å². The van der Waals surface area contributed by atoms with Gasteiger partial charge in [-0.15, -0.1) is 0 Å². The van der Waals surface area contributed by atoms with E-state index in [0.717, 1.165) is 36.2 Å². The van der Waals surface area contributed by atoms with Crippen molar-refractivity contribution in [2.75, 3.05) is 19.0 Å². The zero-order valence-corrected chi connectivity index (χ0v) is 11.8. The molecular formula is C14H20N2OS. The normalized spacial score (nSPS) is 17.0. The Morgan fingerprint density at radius 3 is 2.72 bits per heavy atom. The molecule has 0 bridgehead atoms. The molecule has 0 spiro atoms. The summed E-state index contributed by atoms with van der Waals surface area (Å²) in [5, 5.41) is 3.42. The first-order valence-electron chi connectivity index (χ1n) is 6.26. The molecule has 0 unspecified atom stereocenters. The summed E-state index contributed by atoms with van der Waals surface area (Å²) in [5.74, 6) is 0. The predicted octanol–water partition coefficient (Wildman–Crippen LogP) is 2.61. The molecule has 1 fully saturated rings. The Bertz CT molecular complexity index is 450. The quantitative estimate of drug-likeness (QED) is 0.803. The van der Waals surface area contributed by atoms with Crippen LogP contribution in [0, 0.1) is 6.92 Å². The number of benzene rings is 1. The molecule has 3 N–H and O–H groups in total. The lowest BCUT2D eigenvalue weighted by atomic mass is 9.80. The molecule has 18 heavy (non-hydrogen) atoms. The third kappa shape index (κ3) is 2.65. The largest absolute Gasteiger partial charge is 0.389 e. The van der Waals surface area contributed by atoms with E-state index in [2.05, 4.69) is 11.4 Å². The van der Waals surface area contributed by atoms with Gasteiger partial charge < -0.3 is 15.8 Å². The summed E-state index contributed by atoms with van der Waals surface area (Å²) in [6, 6.07) is 6.11. The summed E-state index contributed by atoms with van der Waals surface area (Å²) in [7, 11) is 1.78. The van der Waals surface area contributed by atoms with Gasteiger partial charge in [0.1, 0.15) is 4.99 Å². The van der Waals surface area contributed by atoms with Gasteiger partial charge in [-0.05, 0) is 38.3 Å². The Morgan fingerprint density at radius 1 is 1.50 bits per heavy atom. The maximum atomic E-state index is 5.76. The van der Waals surface area contributed by atoms with Crippen LogP contribution < -0.4 is 11.1 Å². The second-order valence-electron chi connectivity index (χ2n) is 5.01. The van der Waals surface area contributed by atoms with E-state index in [4.69, 9.17) is 22.7 Å². The number of nitrogens with two attached hydrogens (primary N) is 1. The van der Waals surface area contributed by atoms with Crippen LogP contribution >= 0.6 is 12.2 Å². The average molecular weight is 264 g/mol. The molecule has 2 rings (SSSR count). The number of hydrogen-bond donors (Lipinski definition) is 2. The maximum absolute atomic E-state index is 5.76. The van der Waals surface area contributed by atoms with Gasteiger partial charge in [0.2, 0.25) is 0 Å². The smallest absolute Gasteiger partial charge is 0.106 e. The van der Waals surface area contributed by atoms with E-state index in [9.17, 15) is 0 Å². The van der Waals surface area contributed by atoms with Crippen LogP contribution in [0.4, 0.5) is 5.69 Å². The summed E-state index contributed by atoms with van der Waals surface area (Å²) < 4.78 is 5.59. The molecule has 1 aromatic carbocycles. The topological polar surface area (TPSA) is 47.3 Å². The molecule has 98 valence electrons. The highest BCUT2D eigenvalue weighted by atomic mass is 32.1. The lowest BCUT2D eigenvalue weighted by molar-refractivity contribution is -0.0601. The first kappa shape index (κ1) is 13.3. The van der Waals surface area contributed by atoms with Crippen LogP contribution in [0.1, 0.15) is 30.4 Å².